The molecule has 0 spiro atoms. The van der Waals surface area contributed by atoms with E-state index in [2.05, 4.69) is 34.0 Å². The summed E-state index contributed by atoms with van der Waals surface area (Å²) < 4.78 is 7.87. The van der Waals surface area contributed by atoms with E-state index >= 15 is 0 Å². The fraction of sp³-hybridized carbons (Fsp3) is 0.346. The molecule has 7 heteroatoms. The second-order valence-corrected chi connectivity index (χ2v) is 9.41. The maximum atomic E-state index is 12.5. The highest BCUT2D eigenvalue weighted by Crippen LogP contribution is 2.28. The first-order valence-corrected chi connectivity index (χ1v) is 12.4. The van der Waals surface area contributed by atoms with Gasteiger partial charge in [-0.2, -0.15) is 10.1 Å². The lowest BCUT2D eigenvalue weighted by atomic mass is 10.1. The molecule has 1 aliphatic rings. The van der Waals surface area contributed by atoms with Crippen molar-refractivity contribution in [1.82, 2.24) is 19.5 Å². The summed E-state index contributed by atoms with van der Waals surface area (Å²) in [5, 5.41) is 6.68. The Morgan fingerprint density at radius 2 is 1.88 bits per heavy atom. The van der Waals surface area contributed by atoms with Gasteiger partial charge in [-0.15, -0.1) is 11.3 Å². The lowest BCUT2D eigenvalue weighted by Gasteiger charge is -2.26. The molecule has 3 heterocycles. The summed E-state index contributed by atoms with van der Waals surface area (Å²) in [5.74, 6) is 0.915. The first-order chi connectivity index (χ1) is 16.2. The number of rotatable bonds is 7. The molecule has 1 fully saturated rings. The lowest BCUT2D eigenvalue weighted by molar-refractivity contribution is 0.183. The lowest BCUT2D eigenvalue weighted by Crippen LogP contribution is -2.33. The highest BCUT2D eigenvalue weighted by molar-refractivity contribution is 7.15. The normalized spacial score (nSPS) is 14.6. The summed E-state index contributed by atoms with van der Waals surface area (Å²) in [5.41, 5.74) is 4.28. The molecule has 6 nitrogen and oxygen atoms in total. The van der Waals surface area contributed by atoms with E-state index in [-0.39, 0.29) is 5.56 Å². The Balaban J connectivity index is 1.35. The van der Waals surface area contributed by atoms with Crippen LogP contribution in [0.5, 0.6) is 5.75 Å². The molecule has 0 radical (unpaired) electrons. The Morgan fingerprint density at radius 3 is 2.67 bits per heavy atom. The molecule has 2 aromatic carbocycles. The highest BCUT2D eigenvalue weighted by Gasteiger charge is 2.14. The van der Waals surface area contributed by atoms with Crippen molar-refractivity contribution >= 4 is 16.3 Å². The Hall–Kier alpha value is -3.03. The monoisotopic (exact) mass is 460 g/mol. The van der Waals surface area contributed by atoms with Crippen molar-refractivity contribution in [2.75, 3.05) is 26.2 Å². The largest absolute Gasteiger partial charge is 0.492 e. The van der Waals surface area contributed by atoms with Crippen LogP contribution in [0.2, 0.25) is 0 Å². The molecule has 0 unspecified atom stereocenters. The van der Waals surface area contributed by atoms with Crippen LogP contribution in [0.25, 0.3) is 16.2 Å². The van der Waals surface area contributed by atoms with E-state index in [0.29, 0.717) is 23.7 Å². The molecule has 170 valence electrons. The van der Waals surface area contributed by atoms with Crippen LogP contribution in [0.3, 0.4) is 0 Å². The Bertz CT molecular complexity index is 1290. The summed E-state index contributed by atoms with van der Waals surface area (Å²) in [7, 11) is 0. The number of aryl methyl sites for hydroxylation is 1. The molecule has 0 saturated carbocycles. The fourth-order valence-corrected chi connectivity index (χ4v) is 5.15. The standard InChI is InChI=1S/C26H28N4O2S/c1-19-16-21(10-11-24(19)32-15-14-29-12-6-3-7-13-29)23-18-33-26-27-25(31)22(28-30(23)26)17-20-8-4-2-5-9-20/h2,4-5,8-11,16,18H,3,6-7,12-15,17H2,1H3. The van der Waals surface area contributed by atoms with E-state index in [4.69, 9.17) is 4.74 Å². The summed E-state index contributed by atoms with van der Waals surface area (Å²) in [6.45, 7) is 6.12. The van der Waals surface area contributed by atoms with E-state index < -0.39 is 0 Å². The second-order valence-electron chi connectivity index (χ2n) is 8.57. The molecule has 1 aliphatic heterocycles. The van der Waals surface area contributed by atoms with Gasteiger partial charge in [0.2, 0.25) is 4.96 Å². The van der Waals surface area contributed by atoms with E-state index in [1.807, 2.05) is 41.8 Å². The minimum Gasteiger partial charge on any atom is -0.492 e. The molecule has 4 aromatic rings. The van der Waals surface area contributed by atoms with Gasteiger partial charge in [-0.3, -0.25) is 9.69 Å². The van der Waals surface area contributed by atoms with Crippen LogP contribution in [-0.2, 0) is 6.42 Å². The predicted octanol–water partition coefficient (Wildman–Crippen LogP) is 4.58. The number of hydrogen-bond acceptors (Lipinski definition) is 6. The maximum absolute atomic E-state index is 12.5. The van der Waals surface area contributed by atoms with Crippen molar-refractivity contribution in [2.45, 2.75) is 32.6 Å². The van der Waals surface area contributed by atoms with E-state index in [1.165, 1.54) is 43.7 Å². The Kier molecular flexibility index (Phi) is 6.51. The zero-order valence-electron chi connectivity index (χ0n) is 18.9. The zero-order chi connectivity index (χ0) is 22.6. The smallest absolute Gasteiger partial charge is 0.296 e. The maximum Gasteiger partial charge on any atom is 0.296 e. The average Bonchev–Trinajstić information content (AvgIpc) is 3.24. The van der Waals surface area contributed by atoms with Gasteiger partial charge in [-0.05, 0) is 62.2 Å². The van der Waals surface area contributed by atoms with Crippen LogP contribution < -0.4 is 10.3 Å². The molecule has 0 bridgehead atoms. The molecule has 0 N–H and O–H groups in total. The molecule has 0 aliphatic carbocycles. The first-order valence-electron chi connectivity index (χ1n) is 11.5. The number of aromatic nitrogens is 3. The summed E-state index contributed by atoms with van der Waals surface area (Å²) in [6.07, 6.45) is 4.41. The number of thiazole rings is 1. The molecule has 5 rings (SSSR count). The number of hydrogen-bond donors (Lipinski definition) is 0. The molecular weight excluding hydrogens is 432 g/mol. The van der Waals surface area contributed by atoms with Gasteiger partial charge in [0, 0.05) is 23.9 Å². The van der Waals surface area contributed by atoms with E-state index in [9.17, 15) is 4.79 Å². The molecule has 2 aromatic heterocycles. The van der Waals surface area contributed by atoms with Gasteiger partial charge in [0.1, 0.15) is 18.1 Å². The number of piperidine rings is 1. The molecule has 0 amide bonds. The van der Waals surface area contributed by atoms with Crippen molar-refractivity contribution in [3.8, 4) is 17.0 Å². The fourth-order valence-electron chi connectivity index (χ4n) is 4.33. The number of nitrogens with zero attached hydrogens (tertiary/aromatic N) is 4. The van der Waals surface area contributed by atoms with Crippen molar-refractivity contribution in [2.24, 2.45) is 0 Å². The highest BCUT2D eigenvalue weighted by atomic mass is 32.1. The third-order valence-corrected chi connectivity index (χ3v) is 6.97. The van der Waals surface area contributed by atoms with Gasteiger partial charge in [-0.1, -0.05) is 36.8 Å². The minimum atomic E-state index is -0.263. The van der Waals surface area contributed by atoms with Gasteiger partial charge >= 0.3 is 0 Å². The van der Waals surface area contributed by atoms with Crippen molar-refractivity contribution in [3.63, 3.8) is 0 Å². The van der Waals surface area contributed by atoms with Gasteiger partial charge in [0.15, 0.2) is 0 Å². The quantitative estimate of drug-likeness (QED) is 0.404. The van der Waals surface area contributed by atoms with Crippen LogP contribution in [0, 0.1) is 6.92 Å². The third-order valence-electron chi connectivity index (χ3n) is 6.15. The van der Waals surface area contributed by atoms with Gasteiger partial charge < -0.3 is 4.74 Å². The summed E-state index contributed by atoms with van der Waals surface area (Å²) in [4.78, 5) is 19.9. The van der Waals surface area contributed by atoms with Gasteiger partial charge in [0.25, 0.3) is 5.56 Å². The Labute approximate surface area is 197 Å². The van der Waals surface area contributed by atoms with E-state index in [0.717, 1.165) is 34.7 Å². The van der Waals surface area contributed by atoms with Crippen LogP contribution in [-0.4, -0.2) is 45.7 Å². The second kappa shape index (κ2) is 9.85. The van der Waals surface area contributed by atoms with Gasteiger partial charge in [-0.25, -0.2) is 4.52 Å². The number of ether oxygens (including phenoxy) is 1. The van der Waals surface area contributed by atoms with Gasteiger partial charge in [0.05, 0.1) is 5.69 Å². The molecule has 33 heavy (non-hydrogen) atoms. The van der Waals surface area contributed by atoms with Crippen LogP contribution in [0.15, 0.2) is 58.7 Å². The topological polar surface area (TPSA) is 59.7 Å². The first kappa shape index (κ1) is 21.8. The molecule has 0 atom stereocenters. The van der Waals surface area contributed by atoms with Crippen LogP contribution in [0.4, 0.5) is 0 Å². The Morgan fingerprint density at radius 1 is 1.06 bits per heavy atom. The number of benzene rings is 2. The number of fused-ring (bicyclic) bond motifs is 1. The number of likely N-dealkylation sites (tertiary alicyclic amines) is 1. The van der Waals surface area contributed by atoms with Crippen LogP contribution in [0.1, 0.15) is 36.1 Å². The minimum absolute atomic E-state index is 0.263. The average molecular weight is 461 g/mol. The molecule has 1 saturated heterocycles. The van der Waals surface area contributed by atoms with E-state index in [1.54, 1.807) is 4.52 Å². The van der Waals surface area contributed by atoms with Crippen molar-refractivity contribution in [1.29, 1.82) is 0 Å². The zero-order valence-corrected chi connectivity index (χ0v) is 19.7. The van der Waals surface area contributed by atoms with Crippen LogP contribution >= 0.6 is 11.3 Å². The van der Waals surface area contributed by atoms with Crippen molar-refractivity contribution in [3.05, 3.63) is 81.1 Å². The summed E-state index contributed by atoms with van der Waals surface area (Å²) in [6, 6.07) is 16.1. The summed E-state index contributed by atoms with van der Waals surface area (Å²) >= 11 is 1.43. The predicted molar refractivity (Wildman–Crippen MR) is 132 cm³/mol. The third kappa shape index (κ3) is 4.99. The molecular formula is C26H28N4O2S. The van der Waals surface area contributed by atoms with Crippen molar-refractivity contribution < 1.29 is 4.74 Å². The SMILES string of the molecule is Cc1cc(-c2csc3nc(=O)c(Cc4ccccc4)nn23)ccc1OCCN1CCCCC1.